The zero-order valence-electron chi connectivity index (χ0n) is 12.3. The lowest BCUT2D eigenvalue weighted by molar-refractivity contribution is 0.566. The highest BCUT2D eigenvalue weighted by molar-refractivity contribution is 5.88. The van der Waals surface area contributed by atoms with E-state index in [1.165, 1.54) is 22.0 Å². The minimum Gasteiger partial charge on any atom is -0.260 e. The second kappa shape index (κ2) is 4.08. The first kappa shape index (κ1) is 13.1. The van der Waals surface area contributed by atoms with E-state index >= 15 is 0 Å². The Balaban J connectivity index is 2.83. The number of benzene rings is 1. The largest absolute Gasteiger partial charge is 0.260 e. The van der Waals surface area contributed by atoms with Gasteiger partial charge in [-0.2, -0.15) is 0 Å². The molecule has 0 amide bonds. The van der Waals surface area contributed by atoms with Crippen LogP contribution in [0, 0.1) is 0 Å². The predicted molar refractivity (Wildman–Crippen MR) is 79.1 cm³/mol. The fraction of sp³-hybridized carbons (Fsp3) is 0.471. The molecule has 0 atom stereocenters. The average molecular weight is 241 g/mol. The Bertz CT molecular complexity index is 516. The topological polar surface area (TPSA) is 12.9 Å². The van der Waals surface area contributed by atoms with Crippen molar-refractivity contribution in [2.45, 2.75) is 52.4 Å². The van der Waals surface area contributed by atoms with E-state index in [-0.39, 0.29) is 10.8 Å². The van der Waals surface area contributed by atoms with Crippen LogP contribution in [-0.2, 0) is 10.8 Å². The van der Waals surface area contributed by atoms with Crippen LogP contribution in [0.2, 0.25) is 0 Å². The van der Waals surface area contributed by atoms with Crippen molar-refractivity contribution in [2.24, 2.45) is 0 Å². The highest BCUT2D eigenvalue weighted by atomic mass is 14.7. The Labute approximate surface area is 110 Å². The Morgan fingerprint density at radius 2 is 1.33 bits per heavy atom. The number of rotatable bonds is 0. The van der Waals surface area contributed by atoms with E-state index in [9.17, 15) is 0 Å². The normalized spacial score (nSPS) is 13.0. The number of hydrogen-bond acceptors (Lipinski definition) is 1. The molecule has 0 bridgehead atoms. The van der Waals surface area contributed by atoms with Gasteiger partial charge in [0.25, 0.3) is 0 Å². The maximum absolute atomic E-state index is 4.74. The van der Waals surface area contributed by atoms with Gasteiger partial charge in [0.2, 0.25) is 0 Å². The molecule has 0 aliphatic rings. The van der Waals surface area contributed by atoms with E-state index in [1.807, 2.05) is 0 Å². The van der Waals surface area contributed by atoms with E-state index in [2.05, 4.69) is 72.0 Å². The quantitative estimate of drug-likeness (QED) is 0.643. The summed E-state index contributed by atoms with van der Waals surface area (Å²) in [6, 6.07) is 8.63. The van der Waals surface area contributed by atoms with Crippen LogP contribution in [-0.4, -0.2) is 4.98 Å². The van der Waals surface area contributed by atoms with E-state index in [0.717, 1.165) is 0 Å². The Kier molecular flexibility index (Phi) is 2.96. The van der Waals surface area contributed by atoms with Gasteiger partial charge >= 0.3 is 0 Å². The molecule has 0 radical (unpaired) electrons. The molecule has 18 heavy (non-hydrogen) atoms. The summed E-state index contributed by atoms with van der Waals surface area (Å²) in [6.45, 7) is 13.4. The minimum atomic E-state index is 0.0794. The number of aromatic nitrogens is 1. The lowest BCUT2D eigenvalue weighted by atomic mass is 9.81. The number of nitrogens with zero attached hydrogens (tertiary/aromatic N) is 1. The van der Waals surface area contributed by atoms with Gasteiger partial charge < -0.3 is 0 Å². The molecule has 2 aromatic rings. The molecule has 0 spiro atoms. The highest BCUT2D eigenvalue weighted by Crippen LogP contribution is 2.34. The van der Waals surface area contributed by atoms with Gasteiger partial charge in [-0.25, -0.2) is 0 Å². The zero-order valence-corrected chi connectivity index (χ0v) is 12.3. The maximum atomic E-state index is 4.74. The summed E-state index contributed by atoms with van der Waals surface area (Å²) in [6.07, 6.45) is 2.06. The van der Waals surface area contributed by atoms with Gasteiger partial charge in [0.05, 0.1) is 5.69 Å². The van der Waals surface area contributed by atoms with Crippen LogP contribution >= 0.6 is 0 Å². The van der Waals surface area contributed by atoms with Crippen LogP contribution in [0.25, 0.3) is 10.8 Å². The molecule has 0 saturated heterocycles. The smallest absolute Gasteiger partial charge is 0.0535 e. The molecule has 96 valence electrons. The first-order chi connectivity index (χ1) is 8.21. The van der Waals surface area contributed by atoms with Gasteiger partial charge in [0.15, 0.2) is 0 Å². The van der Waals surface area contributed by atoms with Crippen LogP contribution < -0.4 is 0 Å². The first-order valence-electron chi connectivity index (χ1n) is 6.60. The zero-order chi connectivity index (χ0) is 13.6. The highest BCUT2D eigenvalue weighted by Gasteiger charge is 2.23. The van der Waals surface area contributed by atoms with Crippen LogP contribution in [0.5, 0.6) is 0 Å². The third-order valence-electron chi connectivity index (χ3n) is 3.31. The standard InChI is InChI=1S/C17H23N/c1-16(2,3)14-11-18-15(17(4,5)6)13-10-8-7-9-12(13)14/h7-11H,1-6H3. The fourth-order valence-corrected chi connectivity index (χ4v) is 2.39. The predicted octanol–water partition coefficient (Wildman–Crippen LogP) is 4.83. The number of pyridine rings is 1. The molecule has 1 heterocycles. The van der Waals surface area contributed by atoms with Crippen LogP contribution in [0.4, 0.5) is 0 Å². The van der Waals surface area contributed by atoms with Crippen LogP contribution in [0.1, 0.15) is 52.8 Å². The van der Waals surface area contributed by atoms with Gasteiger partial charge in [0.1, 0.15) is 0 Å². The molecular weight excluding hydrogens is 218 g/mol. The van der Waals surface area contributed by atoms with Crippen molar-refractivity contribution in [2.75, 3.05) is 0 Å². The van der Waals surface area contributed by atoms with E-state index in [1.54, 1.807) is 0 Å². The Morgan fingerprint density at radius 3 is 1.83 bits per heavy atom. The first-order valence-corrected chi connectivity index (χ1v) is 6.60. The summed E-state index contributed by atoms with van der Waals surface area (Å²) in [5.74, 6) is 0. The molecule has 1 nitrogen and oxygen atoms in total. The summed E-state index contributed by atoms with van der Waals surface area (Å²) < 4.78 is 0. The molecular formula is C17H23N. The molecule has 1 aromatic heterocycles. The molecule has 1 heteroatoms. The second-order valence-corrected chi connectivity index (χ2v) is 7.07. The molecule has 0 unspecified atom stereocenters. The van der Waals surface area contributed by atoms with Gasteiger partial charge in [-0.15, -0.1) is 0 Å². The summed E-state index contributed by atoms with van der Waals surface area (Å²) in [4.78, 5) is 4.74. The number of fused-ring (bicyclic) bond motifs is 1. The molecule has 0 fully saturated rings. The van der Waals surface area contributed by atoms with Gasteiger partial charge in [-0.05, 0) is 16.4 Å². The third-order valence-corrected chi connectivity index (χ3v) is 3.31. The molecule has 0 N–H and O–H groups in total. The maximum Gasteiger partial charge on any atom is 0.0535 e. The van der Waals surface area contributed by atoms with Gasteiger partial charge in [-0.1, -0.05) is 65.8 Å². The van der Waals surface area contributed by atoms with E-state index in [4.69, 9.17) is 4.98 Å². The van der Waals surface area contributed by atoms with Crippen molar-refractivity contribution in [1.82, 2.24) is 4.98 Å². The molecule has 2 rings (SSSR count). The van der Waals surface area contributed by atoms with Crippen molar-refractivity contribution in [1.29, 1.82) is 0 Å². The third kappa shape index (κ3) is 2.27. The van der Waals surface area contributed by atoms with Crippen molar-refractivity contribution >= 4 is 10.8 Å². The van der Waals surface area contributed by atoms with Crippen molar-refractivity contribution in [3.8, 4) is 0 Å². The van der Waals surface area contributed by atoms with E-state index < -0.39 is 0 Å². The van der Waals surface area contributed by atoms with Crippen LogP contribution in [0.15, 0.2) is 30.5 Å². The molecule has 0 aliphatic carbocycles. The molecule has 0 saturated carbocycles. The van der Waals surface area contributed by atoms with E-state index in [0.29, 0.717) is 0 Å². The van der Waals surface area contributed by atoms with Crippen molar-refractivity contribution in [3.63, 3.8) is 0 Å². The Hall–Kier alpha value is -1.37. The minimum absolute atomic E-state index is 0.0794. The fourth-order valence-electron chi connectivity index (χ4n) is 2.39. The number of hydrogen-bond donors (Lipinski definition) is 0. The lowest BCUT2D eigenvalue weighted by Crippen LogP contribution is -2.18. The second-order valence-electron chi connectivity index (χ2n) is 7.07. The SMILES string of the molecule is CC(C)(C)c1cnc(C(C)(C)C)c2ccccc12. The summed E-state index contributed by atoms with van der Waals surface area (Å²) >= 11 is 0. The van der Waals surface area contributed by atoms with Gasteiger partial charge in [-0.3, -0.25) is 4.98 Å². The molecule has 0 aliphatic heterocycles. The Morgan fingerprint density at radius 1 is 0.778 bits per heavy atom. The van der Waals surface area contributed by atoms with Crippen molar-refractivity contribution < 1.29 is 0 Å². The van der Waals surface area contributed by atoms with Crippen molar-refractivity contribution in [3.05, 3.63) is 41.7 Å². The summed E-state index contributed by atoms with van der Waals surface area (Å²) in [7, 11) is 0. The van der Waals surface area contributed by atoms with Crippen LogP contribution in [0.3, 0.4) is 0 Å². The monoisotopic (exact) mass is 241 g/mol. The summed E-state index contributed by atoms with van der Waals surface area (Å²) in [5, 5.41) is 2.63. The van der Waals surface area contributed by atoms with Gasteiger partial charge in [0, 0.05) is 17.0 Å². The molecule has 1 aromatic carbocycles. The lowest BCUT2D eigenvalue weighted by Gasteiger charge is -2.25. The summed E-state index contributed by atoms with van der Waals surface area (Å²) in [5.41, 5.74) is 2.72. The average Bonchev–Trinajstić information content (AvgIpc) is 2.24.